The normalized spacial score (nSPS) is 11.0. The first-order valence-electron chi connectivity index (χ1n) is 9.82. The molecule has 4 nitrogen and oxygen atoms in total. The smallest absolute Gasteiger partial charge is 0.269 e. The van der Waals surface area contributed by atoms with E-state index in [1.54, 1.807) is 24.3 Å². The molecule has 0 aliphatic carbocycles. The first-order chi connectivity index (χ1) is 15.1. The SMILES string of the molecule is O=[N+]([O-])c1ccc(-c2ccc(-c3ccc4ccccc4c3)n2-c2ccc(F)cc2)cc1. The first-order valence-corrected chi connectivity index (χ1v) is 9.82. The van der Waals surface area contributed by atoms with Gasteiger partial charge in [0, 0.05) is 17.8 Å². The lowest BCUT2D eigenvalue weighted by Crippen LogP contribution is -2.00. The number of nitro benzene ring substituents is 1. The van der Waals surface area contributed by atoms with Crippen LogP contribution in [0, 0.1) is 15.9 Å². The van der Waals surface area contributed by atoms with Gasteiger partial charge >= 0.3 is 0 Å². The minimum atomic E-state index is -0.413. The van der Waals surface area contributed by atoms with E-state index in [1.165, 1.54) is 24.3 Å². The number of benzene rings is 4. The summed E-state index contributed by atoms with van der Waals surface area (Å²) >= 11 is 0. The van der Waals surface area contributed by atoms with Crippen molar-refractivity contribution in [2.75, 3.05) is 0 Å². The van der Waals surface area contributed by atoms with Gasteiger partial charge in [0.15, 0.2) is 0 Å². The van der Waals surface area contributed by atoms with E-state index in [9.17, 15) is 14.5 Å². The zero-order valence-corrected chi connectivity index (χ0v) is 16.4. The molecule has 5 heteroatoms. The third kappa shape index (κ3) is 3.46. The van der Waals surface area contributed by atoms with Crippen molar-refractivity contribution in [1.82, 2.24) is 4.57 Å². The van der Waals surface area contributed by atoms with E-state index >= 15 is 0 Å². The summed E-state index contributed by atoms with van der Waals surface area (Å²) in [5.41, 5.74) is 4.52. The van der Waals surface area contributed by atoms with Crippen molar-refractivity contribution in [2.45, 2.75) is 0 Å². The molecule has 0 bridgehead atoms. The highest BCUT2D eigenvalue weighted by atomic mass is 19.1. The molecule has 0 amide bonds. The van der Waals surface area contributed by atoms with E-state index in [1.807, 2.05) is 28.8 Å². The predicted molar refractivity (Wildman–Crippen MR) is 121 cm³/mol. The van der Waals surface area contributed by atoms with Gasteiger partial charge in [0.25, 0.3) is 5.69 Å². The van der Waals surface area contributed by atoms with Crippen LogP contribution in [0.1, 0.15) is 0 Å². The van der Waals surface area contributed by atoms with Gasteiger partial charge in [0.2, 0.25) is 0 Å². The summed E-state index contributed by atoms with van der Waals surface area (Å²) in [6, 6.07) is 31.2. The maximum absolute atomic E-state index is 13.6. The second-order valence-corrected chi connectivity index (χ2v) is 7.28. The standard InChI is InChI=1S/C26H17FN2O2/c27-22-9-13-23(14-10-22)28-25(19-7-11-24(12-8-19)29(30)31)15-16-26(28)21-6-5-18-3-1-2-4-20(18)17-21/h1-17H. The van der Waals surface area contributed by atoms with Crippen LogP contribution in [0.2, 0.25) is 0 Å². The molecule has 150 valence electrons. The van der Waals surface area contributed by atoms with E-state index in [0.717, 1.165) is 39.0 Å². The third-order valence-corrected chi connectivity index (χ3v) is 5.38. The molecule has 0 aliphatic rings. The Morgan fingerprint density at radius 1 is 0.677 bits per heavy atom. The zero-order valence-electron chi connectivity index (χ0n) is 16.4. The van der Waals surface area contributed by atoms with Crippen molar-refractivity contribution in [3.05, 3.63) is 119 Å². The maximum atomic E-state index is 13.6. The lowest BCUT2D eigenvalue weighted by molar-refractivity contribution is -0.384. The lowest BCUT2D eigenvalue weighted by Gasteiger charge is -2.15. The lowest BCUT2D eigenvalue weighted by atomic mass is 10.0. The minimum Gasteiger partial charge on any atom is -0.309 e. The molecule has 0 fully saturated rings. The van der Waals surface area contributed by atoms with Crippen LogP contribution in [-0.4, -0.2) is 9.49 Å². The van der Waals surface area contributed by atoms with Crippen molar-refractivity contribution in [3.8, 4) is 28.2 Å². The van der Waals surface area contributed by atoms with E-state index < -0.39 is 4.92 Å². The van der Waals surface area contributed by atoms with Gasteiger partial charge in [-0.05, 0) is 76.5 Å². The number of aromatic nitrogens is 1. The molecular formula is C26H17FN2O2. The molecule has 1 heterocycles. The van der Waals surface area contributed by atoms with Gasteiger partial charge in [-0.15, -0.1) is 0 Å². The van der Waals surface area contributed by atoms with Crippen LogP contribution >= 0.6 is 0 Å². The average molecular weight is 408 g/mol. The molecule has 4 aromatic carbocycles. The Morgan fingerprint density at radius 3 is 1.97 bits per heavy atom. The van der Waals surface area contributed by atoms with Crippen molar-refractivity contribution in [3.63, 3.8) is 0 Å². The summed E-state index contributed by atoms with van der Waals surface area (Å²) in [4.78, 5) is 10.6. The highest BCUT2D eigenvalue weighted by Gasteiger charge is 2.15. The quantitative estimate of drug-likeness (QED) is 0.237. The number of hydrogen-bond acceptors (Lipinski definition) is 2. The summed E-state index contributed by atoms with van der Waals surface area (Å²) in [6.07, 6.45) is 0. The van der Waals surface area contributed by atoms with Gasteiger partial charge in [-0.25, -0.2) is 4.39 Å². The molecule has 0 aliphatic heterocycles. The molecule has 31 heavy (non-hydrogen) atoms. The van der Waals surface area contributed by atoms with Crippen LogP contribution in [0.4, 0.5) is 10.1 Å². The van der Waals surface area contributed by atoms with E-state index in [-0.39, 0.29) is 11.5 Å². The number of nitrogens with zero attached hydrogens (tertiary/aromatic N) is 2. The molecule has 5 rings (SSSR count). The second-order valence-electron chi connectivity index (χ2n) is 7.28. The first kappa shape index (κ1) is 18.8. The number of non-ortho nitro benzene ring substituents is 1. The molecule has 5 aromatic rings. The number of nitro groups is 1. The molecule has 0 saturated heterocycles. The molecule has 0 atom stereocenters. The van der Waals surface area contributed by atoms with Gasteiger partial charge in [-0.3, -0.25) is 10.1 Å². The zero-order chi connectivity index (χ0) is 21.4. The Hall–Kier alpha value is -4.25. The second kappa shape index (κ2) is 7.54. The van der Waals surface area contributed by atoms with E-state index in [0.29, 0.717) is 0 Å². The summed E-state index contributed by atoms with van der Waals surface area (Å²) in [7, 11) is 0. The van der Waals surface area contributed by atoms with Crippen LogP contribution in [-0.2, 0) is 0 Å². The van der Waals surface area contributed by atoms with Crippen molar-refractivity contribution >= 4 is 16.5 Å². The summed E-state index contributed by atoms with van der Waals surface area (Å²) in [5.74, 6) is -0.306. The fourth-order valence-electron chi connectivity index (χ4n) is 3.86. The highest BCUT2D eigenvalue weighted by Crippen LogP contribution is 2.34. The van der Waals surface area contributed by atoms with Crippen molar-refractivity contribution in [2.24, 2.45) is 0 Å². The average Bonchev–Trinajstić information content (AvgIpc) is 3.24. The Kier molecular flexibility index (Phi) is 4.56. The summed E-state index contributed by atoms with van der Waals surface area (Å²) in [5, 5.41) is 13.3. The Bertz CT molecular complexity index is 1400. The number of rotatable bonds is 4. The molecule has 0 saturated carbocycles. The largest absolute Gasteiger partial charge is 0.309 e. The monoisotopic (exact) mass is 408 g/mol. The van der Waals surface area contributed by atoms with Crippen molar-refractivity contribution < 1.29 is 9.31 Å². The topological polar surface area (TPSA) is 48.1 Å². The van der Waals surface area contributed by atoms with Crippen LogP contribution in [0.5, 0.6) is 0 Å². The fraction of sp³-hybridized carbons (Fsp3) is 0. The summed E-state index contributed by atoms with van der Waals surface area (Å²) < 4.78 is 15.6. The fourth-order valence-corrected chi connectivity index (χ4v) is 3.86. The maximum Gasteiger partial charge on any atom is 0.269 e. The summed E-state index contributed by atoms with van der Waals surface area (Å²) in [6.45, 7) is 0. The van der Waals surface area contributed by atoms with E-state index in [4.69, 9.17) is 0 Å². The molecule has 0 unspecified atom stereocenters. The van der Waals surface area contributed by atoms with E-state index in [2.05, 4.69) is 30.3 Å². The molecule has 0 radical (unpaired) electrons. The number of halogens is 1. The molecule has 0 spiro atoms. The Labute approximate surface area is 178 Å². The van der Waals surface area contributed by atoms with Gasteiger partial charge in [-0.1, -0.05) is 36.4 Å². The Balaban J connectivity index is 1.71. The van der Waals surface area contributed by atoms with Crippen molar-refractivity contribution in [1.29, 1.82) is 0 Å². The van der Waals surface area contributed by atoms with Gasteiger partial charge < -0.3 is 4.57 Å². The predicted octanol–water partition coefficient (Wildman–Crippen LogP) is 7.01. The van der Waals surface area contributed by atoms with Crippen LogP contribution in [0.3, 0.4) is 0 Å². The van der Waals surface area contributed by atoms with Crippen LogP contribution < -0.4 is 0 Å². The highest BCUT2D eigenvalue weighted by molar-refractivity contribution is 5.87. The minimum absolute atomic E-state index is 0.0402. The van der Waals surface area contributed by atoms with Gasteiger partial charge in [0.1, 0.15) is 5.82 Å². The molecule has 1 aromatic heterocycles. The third-order valence-electron chi connectivity index (χ3n) is 5.38. The molecule has 0 N–H and O–H groups in total. The van der Waals surface area contributed by atoms with Crippen LogP contribution in [0.15, 0.2) is 103 Å². The number of hydrogen-bond donors (Lipinski definition) is 0. The van der Waals surface area contributed by atoms with Gasteiger partial charge in [0.05, 0.1) is 16.3 Å². The Morgan fingerprint density at radius 2 is 1.29 bits per heavy atom. The van der Waals surface area contributed by atoms with Crippen LogP contribution in [0.25, 0.3) is 39.0 Å². The molecular weight excluding hydrogens is 391 g/mol. The number of fused-ring (bicyclic) bond motifs is 1. The van der Waals surface area contributed by atoms with Gasteiger partial charge in [-0.2, -0.15) is 0 Å².